The predicted molar refractivity (Wildman–Crippen MR) is 125 cm³/mol. The first-order chi connectivity index (χ1) is 15.2. The van der Waals surface area contributed by atoms with Crippen molar-refractivity contribution in [3.05, 3.63) is 70.5 Å². The largest absolute Gasteiger partial charge is 0.437 e. The van der Waals surface area contributed by atoms with Gasteiger partial charge in [-0.3, -0.25) is 0 Å². The molecule has 1 aliphatic rings. The van der Waals surface area contributed by atoms with Crippen LogP contribution >= 0.6 is 23.2 Å². The van der Waals surface area contributed by atoms with Crippen molar-refractivity contribution in [1.82, 2.24) is 14.3 Å². The average molecular weight is 493 g/mol. The van der Waals surface area contributed by atoms with E-state index in [-0.39, 0.29) is 10.9 Å². The monoisotopic (exact) mass is 492 g/mol. The second kappa shape index (κ2) is 9.23. The minimum Gasteiger partial charge on any atom is -0.437 e. The van der Waals surface area contributed by atoms with E-state index in [1.165, 1.54) is 22.8 Å². The topological polar surface area (TPSA) is 75.6 Å². The van der Waals surface area contributed by atoms with Crippen LogP contribution in [-0.4, -0.2) is 48.4 Å². The summed E-state index contributed by atoms with van der Waals surface area (Å²) in [6.07, 6.45) is 1.43. The van der Waals surface area contributed by atoms with E-state index in [9.17, 15) is 8.42 Å². The number of ether oxygens (including phenoxy) is 1. The molecule has 10 heteroatoms. The van der Waals surface area contributed by atoms with Gasteiger partial charge in [-0.05, 0) is 55.8 Å². The van der Waals surface area contributed by atoms with Gasteiger partial charge in [0.25, 0.3) is 0 Å². The molecule has 2 heterocycles. The Morgan fingerprint density at radius 2 is 1.78 bits per heavy atom. The number of sulfonamides is 1. The van der Waals surface area contributed by atoms with Crippen molar-refractivity contribution in [3.8, 4) is 11.6 Å². The highest BCUT2D eigenvalue weighted by atomic mass is 35.5. The van der Waals surface area contributed by atoms with Crippen molar-refractivity contribution in [1.29, 1.82) is 0 Å². The van der Waals surface area contributed by atoms with Gasteiger partial charge < -0.3 is 9.64 Å². The van der Waals surface area contributed by atoms with Crippen LogP contribution in [0, 0.1) is 6.92 Å². The van der Waals surface area contributed by atoms with Crippen molar-refractivity contribution < 1.29 is 13.2 Å². The number of nitrogens with zero attached hydrogens (tertiary/aromatic N) is 4. The predicted octanol–water partition coefficient (Wildman–Crippen LogP) is 4.78. The van der Waals surface area contributed by atoms with Gasteiger partial charge in [0, 0.05) is 36.8 Å². The van der Waals surface area contributed by atoms with Crippen LogP contribution in [0.4, 0.5) is 5.82 Å². The molecule has 7 nitrogen and oxygen atoms in total. The van der Waals surface area contributed by atoms with Gasteiger partial charge in [0.2, 0.25) is 15.9 Å². The highest BCUT2D eigenvalue weighted by molar-refractivity contribution is 7.89. The number of piperazine rings is 1. The molecule has 1 fully saturated rings. The number of aryl methyl sites for hydroxylation is 1. The fourth-order valence-corrected chi connectivity index (χ4v) is 5.50. The molecule has 0 spiro atoms. The van der Waals surface area contributed by atoms with Crippen LogP contribution in [0.15, 0.2) is 59.8 Å². The normalized spacial score (nSPS) is 17.4. The zero-order chi connectivity index (χ0) is 22.9. The molecule has 1 aromatic heterocycles. The molecular formula is C22H22Cl2N4O3S. The van der Waals surface area contributed by atoms with Gasteiger partial charge in [0.15, 0.2) is 0 Å². The second-order valence-corrected chi connectivity index (χ2v) is 10.3. The molecular weight excluding hydrogens is 471 g/mol. The summed E-state index contributed by atoms with van der Waals surface area (Å²) in [7, 11) is -3.62. The Hall–Kier alpha value is -2.39. The molecule has 3 aromatic rings. The first-order valence-corrected chi connectivity index (χ1v) is 12.2. The SMILES string of the molecule is Cc1ccc(Cl)c(Oc2cc(N3CCN(S(=O)(=O)c4ccc(Cl)cc4)[C@@H](C)C3)ncn2)c1. The summed E-state index contributed by atoms with van der Waals surface area (Å²) >= 11 is 12.1. The van der Waals surface area contributed by atoms with Crippen molar-refractivity contribution >= 4 is 39.0 Å². The first-order valence-electron chi connectivity index (χ1n) is 10.0. The van der Waals surface area contributed by atoms with Gasteiger partial charge in [-0.1, -0.05) is 29.3 Å². The van der Waals surface area contributed by atoms with E-state index in [4.69, 9.17) is 27.9 Å². The highest BCUT2D eigenvalue weighted by Gasteiger charge is 2.34. The van der Waals surface area contributed by atoms with E-state index in [0.717, 1.165) is 5.56 Å². The van der Waals surface area contributed by atoms with Crippen LogP contribution in [-0.2, 0) is 10.0 Å². The maximum atomic E-state index is 13.1. The van der Waals surface area contributed by atoms with Crippen molar-refractivity contribution in [2.24, 2.45) is 0 Å². The lowest BCUT2D eigenvalue weighted by Crippen LogP contribution is -2.54. The Morgan fingerprint density at radius 3 is 2.50 bits per heavy atom. The Bertz CT molecular complexity index is 1220. The number of benzene rings is 2. The molecule has 0 aliphatic carbocycles. The van der Waals surface area contributed by atoms with E-state index < -0.39 is 10.0 Å². The number of hydrogen-bond acceptors (Lipinski definition) is 6. The fourth-order valence-electron chi connectivity index (χ4n) is 3.61. The summed E-state index contributed by atoms with van der Waals surface area (Å²) in [6.45, 7) is 5.13. The second-order valence-electron chi connectivity index (χ2n) is 7.62. The Kier molecular flexibility index (Phi) is 6.57. The summed E-state index contributed by atoms with van der Waals surface area (Å²) in [6, 6.07) is 13.2. The molecule has 1 saturated heterocycles. The molecule has 0 bridgehead atoms. The molecule has 168 valence electrons. The zero-order valence-electron chi connectivity index (χ0n) is 17.6. The van der Waals surface area contributed by atoms with Crippen LogP contribution in [0.3, 0.4) is 0 Å². The minimum atomic E-state index is -3.62. The number of anilines is 1. The van der Waals surface area contributed by atoms with Gasteiger partial charge in [0.05, 0.1) is 9.92 Å². The Labute approximate surface area is 197 Å². The third-order valence-corrected chi connectivity index (χ3v) is 7.83. The molecule has 1 aliphatic heterocycles. The molecule has 4 rings (SSSR count). The van der Waals surface area contributed by atoms with Gasteiger partial charge in [-0.15, -0.1) is 0 Å². The lowest BCUT2D eigenvalue weighted by atomic mass is 10.2. The van der Waals surface area contributed by atoms with Gasteiger partial charge in [-0.2, -0.15) is 4.31 Å². The zero-order valence-corrected chi connectivity index (χ0v) is 19.9. The van der Waals surface area contributed by atoms with Crippen LogP contribution in [0.25, 0.3) is 0 Å². The lowest BCUT2D eigenvalue weighted by Gasteiger charge is -2.39. The number of hydrogen-bond donors (Lipinski definition) is 0. The fraction of sp³-hybridized carbons (Fsp3) is 0.273. The minimum absolute atomic E-state index is 0.231. The Balaban J connectivity index is 1.49. The summed E-state index contributed by atoms with van der Waals surface area (Å²) in [5.74, 6) is 1.55. The number of rotatable bonds is 5. The summed E-state index contributed by atoms with van der Waals surface area (Å²) in [4.78, 5) is 10.8. The third-order valence-electron chi connectivity index (χ3n) is 5.24. The third kappa shape index (κ3) is 4.83. The van der Waals surface area contributed by atoms with E-state index in [0.29, 0.717) is 47.1 Å². The molecule has 0 unspecified atom stereocenters. The molecule has 1 atom stereocenters. The van der Waals surface area contributed by atoms with Crippen LogP contribution in [0.5, 0.6) is 11.6 Å². The molecule has 0 amide bonds. The average Bonchev–Trinajstić information content (AvgIpc) is 2.76. The van der Waals surface area contributed by atoms with E-state index in [1.807, 2.05) is 30.9 Å². The standard InChI is InChI=1S/C22H22Cl2N4O3S/c1-15-3-8-19(24)20(11-15)31-22-12-21(25-14-26-22)27-9-10-28(16(2)13-27)32(29,30)18-6-4-17(23)5-7-18/h3-8,11-12,14,16H,9-10,13H2,1-2H3/t16-/m0/s1. The van der Waals surface area contributed by atoms with Crippen LogP contribution < -0.4 is 9.64 Å². The first kappa shape index (κ1) is 22.8. The number of halogens is 2. The molecule has 0 N–H and O–H groups in total. The lowest BCUT2D eigenvalue weighted by molar-refractivity contribution is 0.305. The molecule has 0 radical (unpaired) electrons. The van der Waals surface area contributed by atoms with E-state index >= 15 is 0 Å². The number of aromatic nitrogens is 2. The molecule has 0 saturated carbocycles. The highest BCUT2D eigenvalue weighted by Crippen LogP contribution is 2.31. The van der Waals surface area contributed by atoms with Crippen molar-refractivity contribution in [2.45, 2.75) is 24.8 Å². The summed E-state index contributed by atoms with van der Waals surface area (Å²) in [5, 5.41) is 0.987. The molecule has 32 heavy (non-hydrogen) atoms. The van der Waals surface area contributed by atoms with Crippen LogP contribution in [0.1, 0.15) is 12.5 Å². The summed E-state index contributed by atoms with van der Waals surface area (Å²) in [5.41, 5.74) is 1.02. The van der Waals surface area contributed by atoms with Crippen LogP contribution in [0.2, 0.25) is 10.0 Å². The van der Waals surface area contributed by atoms with Gasteiger partial charge in [0.1, 0.15) is 17.9 Å². The van der Waals surface area contributed by atoms with Crippen molar-refractivity contribution in [2.75, 3.05) is 24.5 Å². The molecule has 2 aromatic carbocycles. The van der Waals surface area contributed by atoms with E-state index in [2.05, 4.69) is 9.97 Å². The van der Waals surface area contributed by atoms with E-state index in [1.54, 1.807) is 24.3 Å². The van der Waals surface area contributed by atoms with Gasteiger partial charge in [-0.25, -0.2) is 18.4 Å². The quantitative estimate of drug-likeness (QED) is 0.509. The smallest absolute Gasteiger partial charge is 0.243 e. The maximum absolute atomic E-state index is 13.1. The van der Waals surface area contributed by atoms with Gasteiger partial charge >= 0.3 is 0 Å². The maximum Gasteiger partial charge on any atom is 0.243 e. The summed E-state index contributed by atoms with van der Waals surface area (Å²) < 4.78 is 33.5. The Morgan fingerprint density at radius 1 is 1.03 bits per heavy atom. The van der Waals surface area contributed by atoms with Crippen molar-refractivity contribution in [3.63, 3.8) is 0 Å².